The van der Waals surface area contributed by atoms with E-state index in [9.17, 15) is 19.7 Å². The first-order valence-electron chi connectivity index (χ1n) is 13.7. The summed E-state index contributed by atoms with van der Waals surface area (Å²) in [5.74, 6) is 1.36. The molecular formula is C27H34N4O5S. The highest BCUT2D eigenvalue weighted by atomic mass is 32.1. The Morgan fingerprint density at radius 2 is 1.89 bits per heavy atom. The van der Waals surface area contributed by atoms with E-state index >= 15 is 0 Å². The second-order valence-corrected chi connectivity index (χ2v) is 12.7. The maximum Gasteiger partial charge on any atom is 0.341 e. The maximum absolute atomic E-state index is 13.5. The molecule has 2 aromatic rings. The first-order chi connectivity index (χ1) is 17.8. The Morgan fingerprint density at radius 1 is 1.22 bits per heavy atom. The van der Waals surface area contributed by atoms with Gasteiger partial charge in [-0.1, -0.05) is 13.3 Å². The normalized spacial score (nSPS) is 29.7. The Morgan fingerprint density at radius 3 is 2.49 bits per heavy atom. The van der Waals surface area contributed by atoms with Crippen LogP contribution in [0.5, 0.6) is 0 Å². The van der Waals surface area contributed by atoms with Crippen molar-refractivity contribution >= 4 is 33.9 Å². The number of rotatable bonds is 7. The Balaban J connectivity index is 1.33. The number of amides is 1. The lowest BCUT2D eigenvalue weighted by molar-refractivity contribution is -0.385. The van der Waals surface area contributed by atoms with Crippen LogP contribution in [0.25, 0.3) is 0 Å². The van der Waals surface area contributed by atoms with Crippen LogP contribution in [0.3, 0.4) is 0 Å². The number of nitrogens with zero attached hydrogens (tertiary/aromatic N) is 3. The number of carbonyl (C=O) groups is 2. The van der Waals surface area contributed by atoms with Crippen molar-refractivity contribution in [1.82, 2.24) is 9.78 Å². The van der Waals surface area contributed by atoms with Gasteiger partial charge in [0, 0.05) is 4.88 Å². The van der Waals surface area contributed by atoms with Gasteiger partial charge in [0.25, 0.3) is 5.91 Å². The molecule has 0 saturated heterocycles. The molecule has 0 radical (unpaired) electrons. The largest absolute Gasteiger partial charge is 0.462 e. The summed E-state index contributed by atoms with van der Waals surface area (Å²) < 4.78 is 7.08. The molecule has 1 amide bonds. The molecular weight excluding hydrogens is 492 g/mol. The number of esters is 1. The van der Waals surface area contributed by atoms with Crippen molar-refractivity contribution in [3.63, 3.8) is 0 Å². The number of thiophene rings is 1. The van der Waals surface area contributed by atoms with Crippen molar-refractivity contribution in [2.24, 2.45) is 23.7 Å². The topological polar surface area (TPSA) is 116 Å². The van der Waals surface area contributed by atoms with Crippen LogP contribution in [0, 0.1) is 33.8 Å². The van der Waals surface area contributed by atoms with Gasteiger partial charge in [0.1, 0.15) is 11.2 Å². The van der Waals surface area contributed by atoms with E-state index in [2.05, 4.69) is 17.3 Å². The summed E-state index contributed by atoms with van der Waals surface area (Å²) in [5.41, 5.74) is 0.641. The van der Waals surface area contributed by atoms with Crippen molar-refractivity contribution in [1.29, 1.82) is 0 Å². The maximum atomic E-state index is 13.5. The Labute approximate surface area is 220 Å². The second kappa shape index (κ2) is 9.22. The average Bonchev–Trinajstić information content (AvgIpc) is 3.45. The quantitative estimate of drug-likeness (QED) is 0.280. The van der Waals surface area contributed by atoms with Crippen molar-refractivity contribution in [3.8, 4) is 0 Å². The molecule has 7 rings (SSSR count). The van der Waals surface area contributed by atoms with Crippen LogP contribution < -0.4 is 5.32 Å². The molecule has 198 valence electrons. The van der Waals surface area contributed by atoms with Crippen molar-refractivity contribution in [3.05, 3.63) is 38.0 Å². The molecule has 2 aromatic heterocycles. The van der Waals surface area contributed by atoms with E-state index in [1.54, 1.807) is 11.6 Å². The van der Waals surface area contributed by atoms with Crippen LogP contribution in [-0.4, -0.2) is 33.2 Å². The first kappa shape index (κ1) is 24.6. The SMILES string of the molecule is CCOC(=O)c1c(NC(=O)c2nn(C34CC5CC(CC(C5)C3)C4)cc2[N+](=O)[O-])sc2c1CCC(CC)C2. The number of nitro groups is 1. The van der Waals surface area contributed by atoms with E-state index in [1.807, 2.05) is 0 Å². The number of anilines is 1. The summed E-state index contributed by atoms with van der Waals surface area (Å²) in [7, 11) is 0. The Kier molecular flexibility index (Phi) is 6.12. The molecule has 9 nitrogen and oxygen atoms in total. The molecule has 2 heterocycles. The number of hydrogen-bond acceptors (Lipinski definition) is 7. The van der Waals surface area contributed by atoms with E-state index in [1.165, 1.54) is 36.8 Å². The summed E-state index contributed by atoms with van der Waals surface area (Å²) in [5, 5.41) is 19.8. The van der Waals surface area contributed by atoms with Gasteiger partial charge in [-0.25, -0.2) is 4.79 Å². The number of hydrogen-bond donors (Lipinski definition) is 1. The van der Waals surface area contributed by atoms with Gasteiger partial charge >= 0.3 is 11.7 Å². The molecule has 5 aliphatic carbocycles. The molecule has 1 N–H and O–H groups in total. The standard InChI is InChI=1S/C27H34N4O5S/c1-3-15-5-6-19-21(10-15)37-25(22(19)26(33)36-4-2)28-24(32)23-20(31(34)35)14-30(29-23)27-11-16-7-17(12-27)9-18(8-16)13-27/h14-18H,3-13H2,1-2H3,(H,28,32). The van der Waals surface area contributed by atoms with Gasteiger partial charge in [0.2, 0.25) is 5.69 Å². The fourth-order valence-corrected chi connectivity index (χ4v) is 9.27. The zero-order valence-corrected chi connectivity index (χ0v) is 22.3. The molecule has 0 aromatic carbocycles. The molecule has 37 heavy (non-hydrogen) atoms. The first-order valence-corrected chi connectivity index (χ1v) is 14.5. The third kappa shape index (κ3) is 4.17. The average molecular weight is 527 g/mol. The monoisotopic (exact) mass is 526 g/mol. The van der Waals surface area contributed by atoms with Crippen LogP contribution in [0.1, 0.15) is 96.5 Å². The summed E-state index contributed by atoms with van der Waals surface area (Å²) in [6.45, 7) is 4.15. The predicted molar refractivity (Wildman–Crippen MR) is 139 cm³/mol. The van der Waals surface area contributed by atoms with Gasteiger partial charge in [0.15, 0.2) is 0 Å². The van der Waals surface area contributed by atoms with Crippen LogP contribution in [0.2, 0.25) is 0 Å². The predicted octanol–water partition coefficient (Wildman–Crippen LogP) is 5.72. The molecule has 5 aliphatic rings. The molecule has 1 unspecified atom stereocenters. The minimum atomic E-state index is -0.647. The van der Waals surface area contributed by atoms with Crippen molar-refractivity contribution < 1.29 is 19.2 Å². The minimum absolute atomic E-state index is 0.187. The zero-order chi connectivity index (χ0) is 25.9. The number of ether oxygens (including phenoxy) is 1. The lowest BCUT2D eigenvalue weighted by Crippen LogP contribution is -2.52. The van der Waals surface area contributed by atoms with E-state index in [0.717, 1.165) is 55.4 Å². The molecule has 1 atom stereocenters. The van der Waals surface area contributed by atoms with Crippen LogP contribution in [0.15, 0.2) is 6.20 Å². The van der Waals surface area contributed by atoms with Crippen molar-refractivity contribution in [2.75, 3.05) is 11.9 Å². The minimum Gasteiger partial charge on any atom is -0.462 e. The molecule has 4 fully saturated rings. The van der Waals surface area contributed by atoms with Gasteiger partial charge < -0.3 is 10.1 Å². The Bertz CT molecular complexity index is 1230. The molecule has 0 aliphatic heterocycles. The van der Waals surface area contributed by atoms with E-state index in [4.69, 9.17) is 4.74 Å². The lowest BCUT2D eigenvalue weighted by atomic mass is 9.53. The third-order valence-corrected chi connectivity index (χ3v) is 10.4. The van der Waals surface area contributed by atoms with Gasteiger partial charge in [0.05, 0.1) is 22.6 Å². The smallest absolute Gasteiger partial charge is 0.341 e. The van der Waals surface area contributed by atoms with Crippen LogP contribution in [0.4, 0.5) is 10.7 Å². The second-order valence-electron chi connectivity index (χ2n) is 11.6. The number of nitrogens with one attached hydrogen (secondary N) is 1. The van der Waals surface area contributed by atoms with E-state index < -0.39 is 16.8 Å². The molecule has 4 saturated carbocycles. The van der Waals surface area contributed by atoms with E-state index in [0.29, 0.717) is 34.2 Å². The lowest BCUT2D eigenvalue weighted by Gasteiger charge is -2.56. The van der Waals surface area contributed by atoms with Crippen molar-refractivity contribution in [2.45, 2.75) is 83.6 Å². The van der Waals surface area contributed by atoms with Crippen LogP contribution in [-0.2, 0) is 23.1 Å². The number of carbonyl (C=O) groups excluding carboxylic acids is 2. The van der Waals surface area contributed by atoms with E-state index in [-0.39, 0.29) is 23.5 Å². The molecule has 0 spiro atoms. The summed E-state index contributed by atoms with van der Waals surface area (Å²) in [6.07, 6.45) is 11.8. The number of fused-ring (bicyclic) bond motifs is 1. The van der Waals surface area contributed by atoms with Gasteiger partial charge in [-0.15, -0.1) is 11.3 Å². The number of aromatic nitrogens is 2. The highest BCUT2D eigenvalue weighted by molar-refractivity contribution is 7.17. The zero-order valence-electron chi connectivity index (χ0n) is 21.5. The molecule has 10 heteroatoms. The highest BCUT2D eigenvalue weighted by Gasteiger charge is 2.53. The summed E-state index contributed by atoms with van der Waals surface area (Å²) >= 11 is 1.39. The fourth-order valence-electron chi connectivity index (χ4n) is 7.92. The third-order valence-electron chi connectivity index (χ3n) is 9.25. The van der Waals surface area contributed by atoms with Gasteiger partial charge in [-0.2, -0.15) is 5.10 Å². The molecule has 4 bridgehead atoms. The van der Waals surface area contributed by atoms with Gasteiger partial charge in [-0.3, -0.25) is 19.6 Å². The summed E-state index contributed by atoms with van der Waals surface area (Å²) in [4.78, 5) is 39.0. The van der Waals surface area contributed by atoms with Gasteiger partial charge in [-0.05, 0) is 93.9 Å². The summed E-state index contributed by atoms with van der Waals surface area (Å²) in [6, 6.07) is 0. The van der Waals surface area contributed by atoms with Crippen LogP contribution >= 0.6 is 11.3 Å². The Hall–Kier alpha value is -2.75. The fraction of sp³-hybridized carbons (Fsp3) is 0.667. The highest BCUT2D eigenvalue weighted by Crippen LogP contribution is 2.58.